The van der Waals surface area contributed by atoms with Gasteiger partial charge in [0.15, 0.2) is 0 Å². The van der Waals surface area contributed by atoms with Gasteiger partial charge in [0.25, 0.3) is 0 Å². The van der Waals surface area contributed by atoms with E-state index in [4.69, 9.17) is 28.9 Å². The Morgan fingerprint density at radius 2 is 1.74 bits per heavy atom. The predicted molar refractivity (Wildman–Crippen MR) is 139 cm³/mol. The largest absolute Gasteiger partial charge is 0.384 e. The Labute approximate surface area is 212 Å². The van der Waals surface area contributed by atoms with Crippen molar-refractivity contribution in [3.8, 4) is 0 Å². The minimum Gasteiger partial charge on any atom is -0.384 e. The van der Waals surface area contributed by atoms with Crippen LogP contribution in [0.15, 0.2) is 36.5 Å². The van der Waals surface area contributed by atoms with Crippen molar-refractivity contribution < 1.29 is 9.59 Å². The Morgan fingerprint density at radius 3 is 2.29 bits per heavy atom. The first-order chi connectivity index (χ1) is 16.0. The van der Waals surface area contributed by atoms with E-state index in [0.717, 1.165) is 17.5 Å². The number of likely N-dealkylation sites (N-methyl/N-ethyl adjacent to an activating group) is 1. The van der Waals surface area contributed by atoms with Gasteiger partial charge >= 0.3 is 0 Å². The van der Waals surface area contributed by atoms with Crippen LogP contribution in [0.2, 0.25) is 10.0 Å². The molecule has 9 heteroatoms. The molecule has 0 aliphatic heterocycles. The lowest BCUT2D eigenvalue weighted by Gasteiger charge is -2.35. The van der Waals surface area contributed by atoms with Crippen LogP contribution in [0.4, 0.5) is 5.82 Å². The van der Waals surface area contributed by atoms with Crippen LogP contribution in [0, 0.1) is 5.92 Å². The topological polar surface area (TPSA) is 100 Å². The lowest BCUT2D eigenvalue weighted by Crippen LogP contribution is -2.56. The SMILES string of the molecule is CCC(C)[C@H](C(=O)N[C@@H](Cc1ccc(Cl)c(Cl)c1)C(=O)NCc1ccc(N)nc1)N(C)C(C)C. The lowest BCUT2D eigenvalue weighted by molar-refractivity contribution is -0.133. The summed E-state index contributed by atoms with van der Waals surface area (Å²) in [5.41, 5.74) is 7.23. The van der Waals surface area contributed by atoms with Gasteiger partial charge in [0.05, 0.1) is 16.1 Å². The molecule has 0 fully saturated rings. The van der Waals surface area contributed by atoms with Crippen LogP contribution >= 0.6 is 23.2 Å². The Bertz CT molecular complexity index is 968. The Kier molecular flexibility index (Phi) is 10.6. The van der Waals surface area contributed by atoms with Crippen LogP contribution in [-0.4, -0.2) is 46.9 Å². The lowest BCUT2D eigenvalue weighted by atomic mass is 9.95. The fourth-order valence-electron chi connectivity index (χ4n) is 3.61. The van der Waals surface area contributed by atoms with E-state index in [1.807, 2.05) is 32.7 Å². The van der Waals surface area contributed by atoms with Crippen molar-refractivity contribution in [3.63, 3.8) is 0 Å². The second-order valence-electron chi connectivity index (χ2n) is 8.91. The summed E-state index contributed by atoms with van der Waals surface area (Å²) in [5, 5.41) is 6.72. The second-order valence-corrected chi connectivity index (χ2v) is 9.73. The first kappa shape index (κ1) is 27.9. The normalized spacial score (nSPS) is 14.0. The van der Waals surface area contributed by atoms with Gasteiger partial charge in [0.1, 0.15) is 11.9 Å². The van der Waals surface area contributed by atoms with Crippen molar-refractivity contribution >= 4 is 40.8 Å². The van der Waals surface area contributed by atoms with Crippen molar-refractivity contribution in [3.05, 3.63) is 57.7 Å². The molecule has 1 heterocycles. The summed E-state index contributed by atoms with van der Waals surface area (Å²) in [7, 11) is 1.93. The number of carbonyl (C=O) groups is 2. The third kappa shape index (κ3) is 7.86. The van der Waals surface area contributed by atoms with E-state index in [2.05, 4.69) is 22.5 Å². The number of nitrogens with two attached hydrogens (primary N) is 1. The summed E-state index contributed by atoms with van der Waals surface area (Å²) >= 11 is 12.2. The second kappa shape index (κ2) is 12.9. The van der Waals surface area contributed by atoms with Crippen molar-refractivity contribution in [2.24, 2.45) is 5.92 Å². The van der Waals surface area contributed by atoms with Gasteiger partial charge in [-0.3, -0.25) is 14.5 Å². The van der Waals surface area contributed by atoms with Crippen LogP contribution in [0.5, 0.6) is 0 Å². The Balaban J connectivity index is 2.24. The van der Waals surface area contributed by atoms with Gasteiger partial charge in [-0.2, -0.15) is 0 Å². The first-order valence-electron chi connectivity index (χ1n) is 11.5. The van der Waals surface area contributed by atoms with E-state index in [-0.39, 0.29) is 42.8 Å². The molecular weight excluding hydrogens is 473 g/mol. The van der Waals surface area contributed by atoms with Crippen molar-refractivity contribution in [2.75, 3.05) is 12.8 Å². The highest BCUT2D eigenvalue weighted by Gasteiger charge is 2.32. The smallest absolute Gasteiger partial charge is 0.243 e. The molecule has 4 N–H and O–H groups in total. The molecule has 1 unspecified atom stereocenters. The summed E-state index contributed by atoms with van der Waals surface area (Å²) in [4.78, 5) is 32.7. The van der Waals surface area contributed by atoms with Gasteiger partial charge in [0, 0.05) is 25.2 Å². The number of nitrogens with one attached hydrogen (secondary N) is 2. The summed E-state index contributed by atoms with van der Waals surface area (Å²) in [5.74, 6) is 0.0402. The van der Waals surface area contributed by atoms with E-state index < -0.39 is 6.04 Å². The third-order valence-corrected chi connectivity index (χ3v) is 6.82. The fraction of sp³-hybridized carbons (Fsp3) is 0.480. The highest BCUT2D eigenvalue weighted by atomic mass is 35.5. The van der Waals surface area contributed by atoms with E-state index in [0.29, 0.717) is 15.9 Å². The Hall–Kier alpha value is -2.35. The zero-order valence-electron chi connectivity index (χ0n) is 20.4. The maximum atomic E-state index is 13.4. The van der Waals surface area contributed by atoms with Gasteiger partial charge in [-0.25, -0.2) is 4.98 Å². The predicted octanol–water partition coefficient (Wildman–Crippen LogP) is 4.07. The standard InChI is InChI=1S/C25H35Cl2N5O2/c1-6-16(4)23(32(5)15(2)3)25(34)31-21(12-17-7-9-19(26)20(27)11-17)24(33)30-14-18-8-10-22(28)29-13-18/h7-11,13,15-16,21,23H,6,12,14H2,1-5H3,(H2,28,29)(H,30,33)(H,31,34)/t16?,21-,23+/m0/s1. The van der Waals surface area contributed by atoms with Crippen molar-refractivity contribution in [1.29, 1.82) is 0 Å². The van der Waals surface area contributed by atoms with Crippen LogP contribution < -0.4 is 16.4 Å². The zero-order valence-corrected chi connectivity index (χ0v) is 22.0. The number of nitrogen functional groups attached to an aromatic ring is 1. The summed E-state index contributed by atoms with van der Waals surface area (Å²) in [6.07, 6.45) is 2.72. The number of anilines is 1. The number of hydrogen-bond donors (Lipinski definition) is 3. The van der Waals surface area contributed by atoms with Crippen LogP contribution in [0.25, 0.3) is 0 Å². The molecule has 2 amide bonds. The number of benzene rings is 1. The number of aromatic nitrogens is 1. The molecule has 0 aliphatic rings. The third-order valence-electron chi connectivity index (χ3n) is 6.08. The van der Waals surface area contributed by atoms with Gasteiger partial charge in [-0.15, -0.1) is 0 Å². The number of carbonyl (C=O) groups excluding carboxylic acids is 2. The first-order valence-corrected chi connectivity index (χ1v) is 12.2. The molecule has 0 bridgehead atoms. The maximum absolute atomic E-state index is 13.4. The number of pyridine rings is 1. The molecule has 2 aromatic rings. The Morgan fingerprint density at radius 1 is 1.06 bits per heavy atom. The summed E-state index contributed by atoms with van der Waals surface area (Å²) in [6.45, 7) is 8.46. The average molecular weight is 508 g/mol. The van der Waals surface area contributed by atoms with E-state index in [1.54, 1.807) is 36.5 Å². The molecule has 0 radical (unpaired) electrons. The van der Waals surface area contributed by atoms with Gasteiger partial charge in [0.2, 0.25) is 11.8 Å². The fourth-order valence-corrected chi connectivity index (χ4v) is 3.93. The summed E-state index contributed by atoms with van der Waals surface area (Å²) in [6, 6.07) is 7.69. The summed E-state index contributed by atoms with van der Waals surface area (Å²) < 4.78 is 0. The van der Waals surface area contributed by atoms with Crippen molar-refractivity contribution in [2.45, 2.75) is 65.2 Å². The molecule has 1 aromatic carbocycles. The van der Waals surface area contributed by atoms with E-state index >= 15 is 0 Å². The molecule has 2 rings (SSSR count). The molecule has 0 saturated carbocycles. The number of rotatable bonds is 11. The average Bonchev–Trinajstić information content (AvgIpc) is 2.80. The van der Waals surface area contributed by atoms with Gasteiger partial charge in [-0.05, 0) is 56.1 Å². The molecule has 3 atom stereocenters. The molecule has 7 nitrogen and oxygen atoms in total. The highest BCUT2D eigenvalue weighted by molar-refractivity contribution is 6.42. The van der Waals surface area contributed by atoms with Crippen molar-refractivity contribution in [1.82, 2.24) is 20.5 Å². The van der Waals surface area contributed by atoms with E-state index in [1.165, 1.54) is 0 Å². The molecular formula is C25H35Cl2N5O2. The quantitative estimate of drug-likeness (QED) is 0.425. The number of nitrogens with zero attached hydrogens (tertiary/aromatic N) is 2. The molecule has 0 saturated heterocycles. The van der Waals surface area contributed by atoms with Crippen LogP contribution in [0.1, 0.15) is 45.2 Å². The minimum absolute atomic E-state index is 0.113. The number of halogens is 2. The number of amides is 2. The molecule has 0 spiro atoms. The van der Waals surface area contributed by atoms with E-state index in [9.17, 15) is 9.59 Å². The molecule has 34 heavy (non-hydrogen) atoms. The maximum Gasteiger partial charge on any atom is 0.243 e. The van der Waals surface area contributed by atoms with Gasteiger partial charge < -0.3 is 16.4 Å². The number of hydrogen-bond acceptors (Lipinski definition) is 5. The zero-order chi connectivity index (χ0) is 25.4. The van der Waals surface area contributed by atoms with Crippen LogP contribution in [0.3, 0.4) is 0 Å². The monoisotopic (exact) mass is 507 g/mol. The molecule has 0 aliphatic carbocycles. The van der Waals surface area contributed by atoms with Crippen LogP contribution in [-0.2, 0) is 22.6 Å². The minimum atomic E-state index is -0.793. The van der Waals surface area contributed by atoms with Gasteiger partial charge in [-0.1, -0.05) is 55.6 Å². The molecule has 186 valence electrons. The highest BCUT2D eigenvalue weighted by Crippen LogP contribution is 2.23. The molecule has 1 aromatic heterocycles.